The van der Waals surface area contributed by atoms with Gasteiger partial charge < -0.3 is 29.5 Å². The van der Waals surface area contributed by atoms with Crippen LogP contribution in [0.5, 0.6) is 11.5 Å². The number of fused-ring (bicyclic) bond motifs is 2. The van der Waals surface area contributed by atoms with Crippen LogP contribution >= 0.6 is 0 Å². The molecule has 8 atom stereocenters. The second-order valence-corrected chi connectivity index (χ2v) is 22.4. The summed E-state index contributed by atoms with van der Waals surface area (Å²) in [5, 5.41) is 13.7. The van der Waals surface area contributed by atoms with Crippen LogP contribution in [-0.4, -0.2) is 123 Å². The second-order valence-electron chi connectivity index (χ2n) is 20.2. The number of benzene rings is 1. The Kier molecular flexibility index (Phi) is 14.1. The van der Waals surface area contributed by atoms with Crippen LogP contribution in [0.4, 0.5) is 18.0 Å². The third kappa shape index (κ3) is 10.2. The van der Waals surface area contributed by atoms with Gasteiger partial charge in [-0.05, 0) is 120 Å². The summed E-state index contributed by atoms with van der Waals surface area (Å²) in [6.07, 6.45) is -2.32. The van der Waals surface area contributed by atoms with E-state index in [0.717, 1.165) is 4.90 Å². The molecule has 16 nitrogen and oxygen atoms in total. The smallest absolute Gasteiger partial charge is 0.414 e. The molecule has 378 valence electrons. The van der Waals surface area contributed by atoms with Crippen LogP contribution in [0.3, 0.4) is 0 Å². The third-order valence-electron chi connectivity index (χ3n) is 14.4. The standard InChI is InChI=1S/C50H61F3N6O10S/c1-30(2)68-35-16-14-33(15-17-35)39-24-36(25-40(55-39)38-13-8-9-21-54-38)69-37-26-41-43(60)56-49(45(62)57-70(65,66)47(5)19-20-47)27-34(49)12-7-6-11-31(3)23-32(4)42(44(61)58(41)28-37)59(46(63)64)48(50(51,52)53)18-10-22-67-29-48/h7-9,12-17,21,24-25,30-32,34,37,41-42H,6,10-11,18-20,22-23,26-29H2,1-5H3,(H,56,60)(H,57,62)(H,63,64)/b12-7-/t31-,32-,34-,37-,41+,42+,48?,49-/m1/s1. The zero-order chi connectivity index (χ0) is 50.4. The van der Waals surface area contributed by atoms with Crippen LogP contribution in [-0.2, 0) is 29.1 Å². The summed E-state index contributed by atoms with van der Waals surface area (Å²) >= 11 is 0. The first-order chi connectivity index (χ1) is 33.1. The van der Waals surface area contributed by atoms with Gasteiger partial charge in [-0.15, -0.1) is 0 Å². The fourth-order valence-corrected chi connectivity index (χ4v) is 11.5. The Morgan fingerprint density at radius 2 is 1.74 bits per heavy atom. The highest BCUT2D eigenvalue weighted by molar-refractivity contribution is 7.91. The molecule has 3 aliphatic heterocycles. The maximum atomic E-state index is 15.6. The lowest BCUT2D eigenvalue weighted by Crippen LogP contribution is -2.71. The van der Waals surface area contributed by atoms with Crippen molar-refractivity contribution in [3.8, 4) is 34.1 Å². The maximum Gasteiger partial charge on any atom is 0.414 e. The highest BCUT2D eigenvalue weighted by Gasteiger charge is 2.66. The van der Waals surface area contributed by atoms with Gasteiger partial charge in [0.1, 0.15) is 35.2 Å². The Labute approximate surface area is 405 Å². The lowest BCUT2D eigenvalue weighted by molar-refractivity contribution is -0.260. The van der Waals surface area contributed by atoms with E-state index >= 15 is 18.0 Å². The topological polar surface area (TPSA) is 207 Å². The van der Waals surface area contributed by atoms with Crippen molar-refractivity contribution in [2.75, 3.05) is 19.8 Å². The lowest BCUT2D eigenvalue weighted by Gasteiger charge is -2.50. The molecule has 0 bridgehead atoms. The van der Waals surface area contributed by atoms with Gasteiger partial charge in [0.2, 0.25) is 21.8 Å². The Balaban J connectivity index is 1.21. The predicted molar refractivity (Wildman–Crippen MR) is 251 cm³/mol. The third-order valence-corrected chi connectivity index (χ3v) is 16.6. The second kappa shape index (κ2) is 19.4. The van der Waals surface area contributed by atoms with E-state index in [0.29, 0.717) is 54.1 Å². The molecule has 70 heavy (non-hydrogen) atoms. The molecule has 5 heterocycles. The van der Waals surface area contributed by atoms with E-state index in [1.165, 1.54) is 6.92 Å². The van der Waals surface area contributed by atoms with Crippen molar-refractivity contribution in [1.82, 2.24) is 29.8 Å². The number of hydrogen-bond donors (Lipinski definition) is 3. The molecule has 1 unspecified atom stereocenters. The quantitative estimate of drug-likeness (QED) is 0.162. The van der Waals surface area contributed by atoms with Crippen LogP contribution in [0.1, 0.15) is 92.4 Å². The van der Waals surface area contributed by atoms with E-state index in [2.05, 4.69) is 15.0 Å². The van der Waals surface area contributed by atoms with Crippen molar-refractivity contribution >= 4 is 33.8 Å². The maximum absolute atomic E-state index is 15.6. The summed E-state index contributed by atoms with van der Waals surface area (Å²) in [7, 11) is -4.16. The van der Waals surface area contributed by atoms with Crippen molar-refractivity contribution in [3.05, 3.63) is 72.9 Å². The van der Waals surface area contributed by atoms with E-state index in [4.69, 9.17) is 19.2 Å². The first-order valence-electron chi connectivity index (χ1n) is 24.0. The molecule has 4 amide bonds. The molecule has 2 saturated carbocycles. The number of hydrogen-bond acceptors (Lipinski definition) is 11. The summed E-state index contributed by atoms with van der Waals surface area (Å²) in [5.41, 5.74) is -2.78. The Hall–Kier alpha value is -5.76. The van der Waals surface area contributed by atoms with Crippen LogP contribution in [0.25, 0.3) is 22.6 Å². The molecule has 3 N–H and O–H groups in total. The number of sulfonamides is 1. The Morgan fingerprint density at radius 3 is 2.37 bits per heavy atom. The average molecular weight is 995 g/mol. The molecule has 2 saturated heterocycles. The molecule has 20 heteroatoms. The molecular weight excluding hydrogens is 934 g/mol. The fourth-order valence-electron chi connectivity index (χ4n) is 10.2. The first-order valence-corrected chi connectivity index (χ1v) is 25.4. The molecular formula is C50H61F3N6O10S. The average Bonchev–Trinajstić information content (AvgIpc) is 4.19. The van der Waals surface area contributed by atoms with Crippen molar-refractivity contribution in [2.24, 2.45) is 17.8 Å². The number of nitrogens with zero attached hydrogens (tertiary/aromatic N) is 4. The number of nitrogens with one attached hydrogen (secondary N) is 2. The minimum Gasteiger partial charge on any atom is -0.491 e. The van der Waals surface area contributed by atoms with E-state index in [-0.39, 0.29) is 61.5 Å². The minimum atomic E-state index is -5.17. The highest BCUT2D eigenvalue weighted by Crippen LogP contribution is 2.49. The predicted octanol–water partition coefficient (Wildman–Crippen LogP) is 7.29. The minimum absolute atomic E-state index is 0.0324. The molecule has 1 aromatic carbocycles. The number of carbonyl (C=O) groups is 4. The number of carboxylic acid groups (broad SMARTS) is 1. The van der Waals surface area contributed by atoms with Crippen LogP contribution < -0.4 is 19.5 Å². The zero-order valence-corrected chi connectivity index (χ0v) is 40.7. The van der Waals surface area contributed by atoms with Crippen LogP contribution in [0.15, 0.2) is 72.9 Å². The highest BCUT2D eigenvalue weighted by atomic mass is 32.2. The number of carbonyl (C=O) groups excluding carboxylic acids is 3. The molecule has 8 rings (SSSR count). The van der Waals surface area contributed by atoms with E-state index in [1.54, 1.807) is 61.7 Å². The molecule has 2 aliphatic carbocycles. The molecule has 3 aromatic rings. The summed E-state index contributed by atoms with van der Waals surface area (Å²) < 4.78 is 92.4. The number of pyridine rings is 2. The largest absolute Gasteiger partial charge is 0.491 e. The number of amides is 4. The number of alkyl halides is 3. The van der Waals surface area contributed by atoms with Gasteiger partial charge in [0, 0.05) is 42.8 Å². The molecule has 4 fully saturated rings. The van der Waals surface area contributed by atoms with Crippen molar-refractivity contribution in [1.29, 1.82) is 0 Å². The normalized spacial score (nSPS) is 29.6. The summed E-state index contributed by atoms with van der Waals surface area (Å²) in [6.45, 7) is 7.29. The van der Waals surface area contributed by atoms with Crippen molar-refractivity contribution in [2.45, 2.75) is 139 Å². The monoisotopic (exact) mass is 994 g/mol. The number of allylic oxidation sites excluding steroid dienone is 1. The lowest BCUT2D eigenvalue weighted by atomic mass is 9.82. The van der Waals surface area contributed by atoms with Crippen LogP contribution in [0, 0.1) is 17.8 Å². The SMILES string of the molecule is CC(C)Oc1ccc(-c2cc(O[C@@H]3C[C@H]4C(=O)N[C@]5(C(=O)NS(=O)(=O)C6(C)CC6)C[C@H]5/C=C\CC[C@@H](C)C[C@@H](C)[C@H](N(C(=O)O)C5(C(F)(F)F)CCCOC5)C(=O)N4C3)cc(-c3ccccn3)n2)cc1. The summed E-state index contributed by atoms with van der Waals surface area (Å²) in [4.78, 5) is 68.8. The Bertz CT molecular complexity index is 2590. The summed E-state index contributed by atoms with van der Waals surface area (Å²) in [6, 6.07) is 12.4. The van der Waals surface area contributed by atoms with Crippen LogP contribution in [0.2, 0.25) is 0 Å². The number of aromatic nitrogens is 2. The number of halogens is 3. The van der Waals surface area contributed by atoms with Gasteiger partial charge >= 0.3 is 12.3 Å². The first kappa shape index (κ1) is 50.6. The Morgan fingerprint density at radius 1 is 1.01 bits per heavy atom. The van der Waals surface area contributed by atoms with Gasteiger partial charge in [-0.3, -0.25) is 29.0 Å². The van der Waals surface area contributed by atoms with Gasteiger partial charge in [0.15, 0.2) is 5.54 Å². The van der Waals surface area contributed by atoms with Gasteiger partial charge in [0.05, 0.1) is 41.1 Å². The van der Waals surface area contributed by atoms with Crippen molar-refractivity contribution < 1.29 is 60.1 Å². The van der Waals surface area contributed by atoms with E-state index < -0.39 is 98.9 Å². The van der Waals surface area contributed by atoms with E-state index in [9.17, 15) is 27.9 Å². The zero-order valence-electron chi connectivity index (χ0n) is 39.9. The number of rotatable bonds is 11. The molecule has 5 aliphatic rings. The van der Waals surface area contributed by atoms with Gasteiger partial charge in [0.25, 0.3) is 5.91 Å². The number of ether oxygens (including phenoxy) is 3. The van der Waals surface area contributed by atoms with Gasteiger partial charge in [-0.25, -0.2) is 18.2 Å². The summed E-state index contributed by atoms with van der Waals surface area (Å²) in [5.74, 6) is -3.87. The van der Waals surface area contributed by atoms with E-state index in [1.807, 2.05) is 39.0 Å². The molecule has 0 spiro atoms. The van der Waals surface area contributed by atoms with Crippen molar-refractivity contribution in [3.63, 3.8) is 0 Å². The fraction of sp³-hybridized carbons (Fsp3) is 0.560. The molecule has 0 radical (unpaired) electrons. The van der Waals surface area contributed by atoms with Gasteiger partial charge in [-0.2, -0.15) is 13.2 Å². The molecule has 2 aromatic heterocycles. The van der Waals surface area contributed by atoms with Gasteiger partial charge in [-0.1, -0.05) is 32.1 Å².